The van der Waals surface area contributed by atoms with E-state index >= 15 is 0 Å². The molecule has 4 rings (SSSR count). The van der Waals surface area contributed by atoms with Gasteiger partial charge in [-0.3, -0.25) is 9.69 Å². The molecule has 1 aliphatic heterocycles. The number of carbonyl (C=O) groups excluding carboxylic acids is 1. The molecule has 0 spiro atoms. The molecule has 0 bridgehead atoms. The van der Waals surface area contributed by atoms with Crippen molar-refractivity contribution in [3.8, 4) is 17.2 Å². The molecule has 3 aromatic carbocycles. The average Bonchev–Trinajstić information content (AvgIpc) is 2.80. The van der Waals surface area contributed by atoms with Gasteiger partial charge in [-0.25, -0.2) is 0 Å². The number of ether oxygens (including phenoxy) is 2. The van der Waals surface area contributed by atoms with Crippen LogP contribution >= 0.6 is 0 Å². The highest BCUT2D eigenvalue weighted by molar-refractivity contribution is 5.92. The number of nitrogens with zero attached hydrogens (tertiary/aromatic N) is 2. The summed E-state index contributed by atoms with van der Waals surface area (Å²) in [5, 5.41) is 2.98. The molecule has 1 aliphatic rings. The molecule has 1 saturated heterocycles. The van der Waals surface area contributed by atoms with Gasteiger partial charge in [0.1, 0.15) is 17.2 Å². The fourth-order valence-corrected chi connectivity index (χ4v) is 3.62. The highest BCUT2D eigenvalue weighted by Crippen LogP contribution is 2.24. The van der Waals surface area contributed by atoms with Gasteiger partial charge in [-0.2, -0.15) is 0 Å². The van der Waals surface area contributed by atoms with Crippen LogP contribution in [0, 0.1) is 0 Å². The van der Waals surface area contributed by atoms with Crippen molar-refractivity contribution in [2.45, 2.75) is 0 Å². The second-order valence-corrected chi connectivity index (χ2v) is 7.45. The van der Waals surface area contributed by atoms with Gasteiger partial charge in [0.15, 0.2) is 0 Å². The Hall–Kier alpha value is -3.51. The number of carbonyl (C=O) groups is 1. The Morgan fingerprint density at radius 3 is 2.26 bits per heavy atom. The summed E-state index contributed by atoms with van der Waals surface area (Å²) in [6.45, 7) is 3.84. The smallest absolute Gasteiger partial charge is 0.238 e. The molecule has 0 unspecified atom stereocenters. The fraction of sp³-hybridized carbons (Fsp3) is 0.240. The molecule has 6 nitrogen and oxygen atoms in total. The Balaban J connectivity index is 1.26. The molecule has 6 heteroatoms. The predicted octanol–water partition coefficient (Wildman–Crippen LogP) is 4.25. The lowest BCUT2D eigenvalue weighted by Crippen LogP contribution is -2.48. The molecule has 1 N–H and O–H groups in total. The van der Waals surface area contributed by atoms with Gasteiger partial charge in [0.25, 0.3) is 0 Å². The molecule has 3 aromatic rings. The third-order valence-electron chi connectivity index (χ3n) is 5.27. The molecule has 0 atom stereocenters. The molecule has 0 aromatic heterocycles. The van der Waals surface area contributed by atoms with E-state index in [-0.39, 0.29) is 5.91 Å². The van der Waals surface area contributed by atoms with E-state index < -0.39 is 0 Å². The number of methoxy groups -OCH3 is 1. The molecule has 160 valence electrons. The van der Waals surface area contributed by atoms with Crippen LogP contribution < -0.4 is 19.7 Å². The van der Waals surface area contributed by atoms with E-state index in [1.165, 1.54) is 5.69 Å². The van der Waals surface area contributed by atoms with Crippen molar-refractivity contribution in [2.24, 2.45) is 0 Å². The van der Waals surface area contributed by atoms with Crippen molar-refractivity contribution >= 4 is 17.3 Å². The Kier molecular flexibility index (Phi) is 6.69. The van der Waals surface area contributed by atoms with Crippen LogP contribution in [0.3, 0.4) is 0 Å². The van der Waals surface area contributed by atoms with Crippen molar-refractivity contribution in [2.75, 3.05) is 50.1 Å². The number of para-hydroxylation sites is 1. The summed E-state index contributed by atoms with van der Waals surface area (Å²) in [6.07, 6.45) is 0. The van der Waals surface area contributed by atoms with E-state index in [0.29, 0.717) is 12.3 Å². The number of nitrogens with one attached hydrogen (secondary N) is 1. The Labute approximate surface area is 183 Å². The maximum atomic E-state index is 12.6. The normalized spacial score (nSPS) is 14.2. The molecular formula is C25H27N3O3. The summed E-state index contributed by atoms with van der Waals surface area (Å²) >= 11 is 0. The number of anilines is 2. The molecule has 1 heterocycles. The first-order valence-corrected chi connectivity index (χ1v) is 10.4. The van der Waals surface area contributed by atoms with Crippen LogP contribution in [0.15, 0.2) is 78.9 Å². The molecule has 1 amide bonds. The highest BCUT2D eigenvalue weighted by atomic mass is 16.5. The summed E-state index contributed by atoms with van der Waals surface area (Å²) < 4.78 is 11.1. The third kappa shape index (κ3) is 5.77. The summed E-state index contributed by atoms with van der Waals surface area (Å²) in [5.74, 6) is 2.30. The van der Waals surface area contributed by atoms with Crippen molar-refractivity contribution < 1.29 is 14.3 Å². The lowest BCUT2D eigenvalue weighted by Gasteiger charge is -2.35. The van der Waals surface area contributed by atoms with Crippen molar-refractivity contribution in [3.63, 3.8) is 0 Å². The predicted molar refractivity (Wildman–Crippen MR) is 123 cm³/mol. The number of rotatable bonds is 7. The standard InChI is InChI=1S/C25H27N3O3/c1-30-22-12-10-21(11-13-22)28-16-14-27(15-17-28)19-25(29)26-20-6-5-9-24(18-20)31-23-7-3-2-4-8-23/h2-13,18H,14-17,19H2,1H3,(H,26,29). The first-order chi connectivity index (χ1) is 15.2. The first-order valence-electron chi connectivity index (χ1n) is 10.4. The molecule has 0 aliphatic carbocycles. The van der Waals surface area contributed by atoms with Crippen LogP contribution in [-0.4, -0.2) is 50.6 Å². The minimum Gasteiger partial charge on any atom is -0.497 e. The maximum Gasteiger partial charge on any atom is 0.238 e. The Bertz CT molecular complexity index is 984. The van der Waals surface area contributed by atoms with Crippen LogP contribution in [0.25, 0.3) is 0 Å². The van der Waals surface area contributed by atoms with Gasteiger partial charge in [-0.1, -0.05) is 24.3 Å². The number of amides is 1. The number of piperazine rings is 1. The van der Waals surface area contributed by atoms with E-state index in [0.717, 1.165) is 43.4 Å². The minimum absolute atomic E-state index is 0.0187. The quantitative estimate of drug-likeness (QED) is 0.623. The van der Waals surface area contributed by atoms with Crippen LogP contribution in [0.1, 0.15) is 0 Å². The summed E-state index contributed by atoms with van der Waals surface area (Å²) in [7, 11) is 1.67. The van der Waals surface area contributed by atoms with Gasteiger partial charge in [0.05, 0.1) is 13.7 Å². The Morgan fingerprint density at radius 1 is 0.839 bits per heavy atom. The van der Waals surface area contributed by atoms with Gasteiger partial charge in [0, 0.05) is 43.6 Å². The van der Waals surface area contributed by atoms with Crippen molar-refractivity contribution in [1.82, 2.24) is 4.90 Å². The topological polar surface area (TPSA) is 54.0 Å². The van der Waals surface area contributed by atoms with Gasteiger partial charge in [-0.05, 0) is 48.5 Å². The first kappa shape index (κ1) is 20.8. The zero-order valence-electron chi connectivity index (χ0n) is 17.7. The van der Waals surface area contributed by atoms with Gasteiger partial charge >= 0.3 is 0 Å². The largest absolute Gasteiger partial charge is 0.497 e. The van der Waals surface area contributed by atoms with Gasteiger partial charge in [-0.15, -0.1) is 0 Å². The van der Waals surface area contributed by atoms with Crippen LogP contribution in [0.5, 0.6) is 17.2 Å². The number of benzene rings is 3. The van der Waals surface area contributed by atoms with Gasteiger partial charge in [0.2, 0.25) is 5.91 Å². The second-order valence-electron chi connectivity index (χ2n) is 7.45. The molecule has 31 heavy (non-hydrogen) atoms. The molecule has 1 fully saturated rings. The van der Waals surface area contributed by atoms with Crippen LogP contribution in [0.4, 0.5) is 11.4 Å². The highest BCUT2D eigenvalue weighted by Gasteiger charge is 2.19. The molecular weight excluding hydrogens is 390 g/mol. The van der Waals surface area contributed by atoms with Crippen molar-refractivity contribution in [1.29, 1.82) is 0 Å². The zero-order valence-corrected chi connectivity index (χ0v) is 17.7. The van der Waals surface area contributed by atoms with E-state index in [1.54, 1.807) is 7.11 Å². The van der Waals surface area contributed by atoms with Gasteiger partial charge < -0.3 is 19.7 Å². The number of hydrogen-bond acceptors (Lipinski definition) is 5. The molecule has 0 radical (unpaired) electrons. The lowest BCUT2D eigenvalue weighted by atomic mass is 10.2. The fourth-order valence-electron chi connectivity index (χ4n) is 3.62. The SMILES string of the molecule is COc1ccc(N2CCN(CC(=O)Nc3cccc(Oc4ccccc4)c3)CC2)cc1. The van der Waals surface area contributed by atoms with E-state index in [2.05, 4.69) is 27.2 Å². The van der Waals surface area contributed by atoms with Crippen molar-refractivity contribution in [3.05, 3.63) is 78.9 Å². The summed E-state index contributed by atoms with van der Waals surface area (Å²) in [4.78, 5) is 17.1. The minimum atomic E-state index is -0.0187. The maximum absolute atomic E-state index is 12.6. The average molecular weight is 418 g/mol. The zero-order chi connectivity index (χ0) is 21.5. The number of hydrogen-bond donors (Lipinski definition) is 1. The monoisotopic (exact) mass is 417 g/mol. The second kappa shape index (κ2) is 10.00. The third-order valence-corrected chi connectivity index (χ3v) is 5.27. The van der Waals surface area contributed by atoms with E-state index in [9.17, 15) is 4.79 Å². The summed E-state index contributed by atoms with van der Waals surface area (Å²) in [5.41, 5.74) is 1.91. The Morgan fingerprint density at radius 2 is 1.55 bits per heavy atom. The van der Waals surface area contributed by atoms with E-state index in [1.807, 2.05) is 66.7 Å². The molecule has 0 saturated carbocycles. The van der Waals surface area contributed by atoms with Crippen LogP contribution in [-0.2, 0) is 4.79 Å². The summed E-state index contributed by atoms with van der Waals surface area (Å²) in [6, 6.07) is 25.2. The van der Waals surface area contributed by atoms with Crippen LogP contribution in [0.2, 0.25) is 0 Å². The van der Waals surface area contributed by atoms with E-state index in [4.69, 9.17) is 9.47 Å². The lowest BCUT2D eigenvalue weighted by molar-refractivity contribution is -0.117.